The second-order valence-electron chi connectivity index (χ2n) is 6.33. The van der Waals surface area contributed by atoms with Gasteiger partial charge < -0.3 is 24.8 Å². The number of anilines is 1. The predicted molar refractivity (Wildman–Crippen MR) is 102 cm³/mol. The van der Waals surface area contributed by atoms with E-state index in [0.717, 1.165) is 11.6 Å². The predicted octanol–water partition coefficient (Wildman–Crippen LogP) is 1.76. The second-order valence-corrected chi connectivity index (χ2v) is 6.33. The summed E-state index contributed by atoms with van der Waals surface area (Å²) in [4.78, 5) is 36.0. The minimum atomic E-state index is -0.853. The first-order chi connectivity index (χ1) is 13.8. The number of nitrogens with two attached hydrogens (primary N) is 1. The fourth-order valence-electron chi connectivity index (χ4n) is 2.70. The molecule has 0 saturated heterocycles. The Bertz CT molecular complexity index is 961. The van der Waals surface area contributed by atoms with Crippen LogP contribution in [0.1, 0.15) is 15.9 Å². The van der Waals surface area contributed by atoms with Crippen LogP contribution in [0.2, 0.25) is 0 Å². The monoisotopic (exact) mass is 401 g/mol. The van der Waals surface area contributed by atoms with E-state index in [1.54, 1.807) is 19.2 Å². The average molecular weight is 401 g/mol. The number of nitro groups is 1. The summed E-state index contributed by atoms with van der Waals surface area (Å²) in [5.41, 5.74) is 5.79. The number of benzene rings is 2. The first-order valence-electron chi connectivity index (χ1n) is 8.68. The van der Waals surface area contributed by atoms with Crippen LogP contribution in [0.25, 0.3) is 0 Å². The molecule has 0 spiro atoms. The van der Waals surface area contributed by atoms with Crippen molar-refractivity contribution in [3.63, 3.8) is 0 Å². The molecule has 0 aromatic heterocycles. The Morgan fingerprint density at radius 1 is 1.17 bits per heavy atom. The quantitative estimate of drug-likeness (QED) is 0.335. The summed E-state index contributed by atoms with van der Waals surface area (Å²) in [7, 11) is 1.57. The molecule has 0 bridgehead atoms. The molecule has 10 nitrogen and oxygen atoms in total. The van der Waals surface area contributed by atoms with E-state index in [0.29, 0.717) is 24.7 Å². The lowest BCUT2D eigenvalue weighted by atomic mass is 10.2. The van der Waals surface area contributed by atoms with E-state index in [2.05, 4.69) is 0 Å². The third kappa shape index (κ3) is 4.72. The molecule has 2 aromatic carbocycles. The van der Waals surface area contributed by atoms with Gasteiger partial charge in [0.05, 0.1) is 10.5 Å². The third-order valence-corrected chi connectivity index (χ3v) is 4.24. The van der Waals surface area contributed by atoms with Gasteiger partial charge in [0, 0.05) is 19.7 Å². The Hall–Kier alpha value is -3.82. The number of hydrogen-bond acceptors (Lipinski definition) is 8. The van der Waals surface area contributed by atoms with Crippen LogP contribution in [-0.4, -0.2) is 48.6 Å². The van der Waals surface area contributed by atoms with Gasteiger partial charge in [-0.05, 0) is 29.8 Å². The van der Waals surface area contributed by atoms with Crippen LogP contribution in [-0.2, 0) is 16.1 Å². The SMILES string of the molecule is CN(Cc1ccc2c(c1)OCCO2)C(=O)COC(=O)c1ccc(N)c([N+](=O)[O-])c1. The van der Waals surface area contributed by atoms with Gasteiger partial charge in [-0.25, -0.2) is 4.79 Å². The maximum Gasteiger partial charge on any atom is 0.338 e. The molecule has 1 aliphatic rings. The minimum absolute atomic E-state index is 0.0619. The molecular weight excluding hydrogens is 382 g/mol. The van der Waals surface area contributed by atoms with Gasteiger partial charge in [0.25, 0.3) is 11.6 Å². The zero-order valence-corrected chi connectivity index (χ0v) is 15.6. The number of nitrogens with zero attached hydrogens (tertiary/aromatic N) is 2. The summed E-state index contributed by atoms with van der Waals surface area (Å²) in [6.07, 6.45) is 0. The van der Waals surface area contributed by atoms with Gasteiger partial charge in [0.1, 0.15) is 18.9 Å². The highest BCUT2D eigenvalue weighted by molar-refractivity contribution is 5.92. The zero-order valence-electron chi connectivity index (χ0n) is 15.6. The van der Waals surface area contributed by atoms with Gasteiger partial charge in [-0.3, -0.25) is 14.9 Å². The number of carbonyl (C=O) groups excluding carboxylic acids is 2. The highest BCUT2D eigenvalue weighted by atomic mass is 16.6. The highest BCUT2D eigenvalue weighted by Crippen LogP contribution is 2.31. The lowest BCUT2D eigenvalue weighted by Crippen LogP contribution is -2.31. The number of hydrogen-bond donors (Lipinski definition) is 1. The molecule has 1 amide bonds. The molecule has 2 aromatic rings. The highest BCUT2D eigenvalue weighted by Gasteiger charge is 2.19. The molecular formula is C19H19N3O7. The molecule has 1 heterocycles. The standard InChI is InChI=1S/C19H19N3O7/c1-21(10-12-2-5-16-17(8-12)28-7-6-27-16)18(23)11-29-19(24)13-3-4-14(20)15(9-13)22(25)26/h2-5,8-9H,6-7,10-11,20H2,1H3. The summed E-state index contributed by atoms with van der Waals surface area (Å²) >= 11 is 0. The van der Waals surface area contributed by atoms with Gasteiger partial charge in [-0.1, -0.05) is 6.07 Å². The fraction of sp³-hybridized carbons (Fsp3) is 0.263. The van der Waals surface area contributed by atoms with Gasteiger partial charge in [0.2, 0.25) is 0 Å². The van der Waals surface area contributed by atoms with E-state index in [-0.39, 0.29) is 17.8 Å². The van der Waals surface area contributed by atoms with Crippen molar-refractivity contribution in [3.8, 4) is 11.5 Å². The summed E-state index contributed by atoms with van der Waals surface area (Å²) in [6.45, 7) is 0.732. The van der Waals surface area contributed by atoms with Crippen LogP contribution in [0.5, 0.6) is 11.5 Å². The Balaban J connectivity index is 1.57. The number of ether oxygens (including phenoxy) is 3. The minimum Gasteiger partial charge on any atom is -0.486 e. The molecule has 0 aliphatic carbocycles. The van der Waals surface area contributed by atoms with E-state index in [1.807, 2.05) is 6.07 Å². The molecule has 3 rings (SSSR count). The summed E-state index contributed by atoms with van der Waals surface area (Å²) in [6, 6.07) is 8.93. The number of likely N-dealkylation sites (N-methyl/N-ethyl adjacent to an activating group) is 1. The van der Waals surface area contributed by atoms with E-state index in [1.165, 1.54) is 17.0 Å². The topological polar surface area (TPSA) is 134 Å². The van der Waals surface area contributed by atoms with Crippen molar-refractivity contribution in [1.29, 1.82) is 0 Å². The number of rotatable bonds is 6. The van der Waals surface area contributed by atoms with Crippen LogP contribution in [0.3, 0.4) is 0 Å². The number of esters is 1. The van der Waals surface area contributed by atoms with Crippen molar-refractivity contribution in [2.45, 2.75) is 6.54 Å². The van der Waals surface area contributed by atoms with Crippen LogP contribution in [0, 0.1) is 10.1 Å². The van der Waals surface area contributed by atoms with Gasteiger partial charge in [-0.15, -0.1) is 0 Å². The smallest absolute Gasteiger partial charge is 0.338 e. The maximum atomic E-state index is 12.3. The molecule has 0 radical (unpaired) electrons. The largest absolute Gasteiger partial charge is 0.486 e. The van der Waals surface area contributed by atoms with Gasteiger partial charge >= 0.3 is 5.97 Å². The molecule has 152 valence electrons. The first-order valence-corrected chi connectivity index (χ1v) is 8.68. The Labute approximate surface area is 165 Å². The summed E-state index contributed by atoms with van der Waals surface area (Å²) in [5, 5.41) is 10.9. The van der Waals surface area contributed by atoms with Crippen molar-refractivity contribution in [3.05, 3.63) is 57.6 Å². The molecule has 0 unspecified atom stereocenters. The van der Waals surface area contributed by atoms with E-state index >= 15 is 0 Å². The van der Waals surface area contributed by atoms with Crippen LogP contribution in [0.4, 0.5) is 11.4 Å². The molecule has 0 fully saturated rings. The number of fused-ring (bicyclic) bond motifs is 1. The van der Waals surface area contributed by atoms with Crippen LogP contribution < -0.4 is 15.2 Å². The molecule has 29 heavy (non-hydrogen) atoms. The van der Waals surface area contributed by atoms with Gasteiger partial charge in [0.15, 0.2) is 18.1 Å². The molecule has 0 saturated carbocycles. The molecule has 10 heteroatoms. The van der Waals surface area contributed by atoms with Crippen molar-refractivity contribution >= 4 is 23.3 Å². The summed E-state index contributed by atoms with van der Waals surface area (Å²) < 4.78 is 15.9. The van der Waals surface area contributed by atoms with E-state index in [4.69, 9.17) is 19.9 Å². The van der Waals surface area contributed by atoms with Crippen molar-refractivity contribution in [2.75, 3.05) is 32.6 Å². The number of amides is 1. The Morgan fingerprint density at radius 2 is 1.90 bits per heavy atom. The molecule has 1 aliphatic heterocycles. The normalized spacial score (nSPS) is 12.2. The third-order valence-electron chi connectivity index (χ3n) is 4.24. The van der Waals surface area contributed by atoms with Crippen molar-refractivity contribution < 1.29 is 28.7 Å². The Morgan fingerprint density at radius 3 is 2.62 bits per heavy atom. The Kier molecular flexibility index (Phi) is 5.82. The van der Waals surface area contributed by atoms with Crippen molar-refractivity contribution in [2.24, 2.45) is 0 Å². The molecule has 2 N–H and O–H groups in total. The fourth-order valence-corrected chi connectivity index (χ4v) is 2.70. The van der Waals surface area contributed by atoms with Crippen molar-refractivity contribution in [1.82, 2.24) is 4.90 Å². The van der Waals surface area contributed by atoms with E-state index < -0.39 is 29.1 Å². The number of nitrogen functional groups attached to an aromatic ring is 1. The maximum absolute atomic E-state index is 12.3. The average Bonchev–Trinajstić information content (AvgIpc) is 2.71. The van der Waals surface area contributed by atoms with Crippen LogP contribution in [0.15, 0.2) is 36.4 Å². The van der Waals surface area contributed by atoms with E-state index in [9.17, 15) is 19.7 Å². The lowest BCUT2D eigenvalue weighted by Gasteiger charge is -2.21. The van der Waals surface area contributed by atoms with Crippen LogP contribution >= 0.6 is 0 Å². The zero-order chi connectivity index (χ0) is 21.0. The second kappa shape index (κ2) is 8.46. The van der Waals surface area contributed by atoms with Gasteiger partial charge in [-0.2, -0.15) is 0 Å². The lowest BCUT2D eigenvalue weighted by molar-refractivity contribution is -0.383. The summed E-state index contributed by atoms with van der Waals surface area (Å²) in [5.74, 6) is -0.0150. The number of nitro benzene ring substituents is 1. The first kappa shape index (κ1) is 19.9. The number of carbonyl (C=O) groups is 2. The molecule has 0 atom stereocenters.